The number of aliphatic hydroxyl groups excluding tert-OH is 3. The Kier molecular flexibility index (Phi) is 25.0. The number of fused-ring (bicyclic) bond motifs is 9. The van der Waals surface area contributed by atoms with Gasteiger partial charge in [-0.25, -0.2) is 9.69 Å². The molecule has 6 amide bonds. The standard InChI is InChI=1S/C77H89N5O22S/c1-41(2)67(74(95)81-26-11-17-57(81)59(85)32-43(4)71(92)79-44(5)58(84)18-12-27-98-29-30-99-28-25-78-64(86)39-100-38-62-68(89)69(90)70(91)76(97-6)103-62)80-72(93)45(33-66(88)101-37-53-50-15-9-7-13-48(50)49-14-8-10-16-51(49)53)40-105-63-36-65(87)82(73(63)94)46-20-23-54-52(34-46)75(96)104-77(54)55-22-19-42(3)31-60(55)102-61-35-47(83)21-24-56(61)77/h7-10,13-16,19-24,31,34-35,41,43-45,53,57,62-63,67-70,76,83,89-91H,11-12,17-18,25-30,32-33,36-40H2,1-6H3,(H,78,86)(H,79,92)(H,80,93)/t43?,44?,45?,57-,62?,63?,67+,68+,69-,70?,76+,77?/m0/s1. The van der Waals surface area contributed by atoms with Crippen molar-refractivity contribution in [2.24, 2.45) is 17.8 Å². The quantitative estimate of drug-likeness (QED) is 0.0161. The van der Waals surface area contributed by atoms with Crippen LogP contribution in [0.25, 0.3) is 11.1 Å². The highest BCUT2D eigenvalue weighted by atomic mass is 32.2. The molecular weight excluding hydrogens is 1380 g/mol. The van der Waals surface area contributed by atoms with E-state index < -0.39 is 131 Å². The molecule has 1 aliphatic carbocycles. The van der Waals surface area contributed by atoms with Gasteiger partial charge in [-0.3, -0.25) is 43.2 Å². The minimum atomic E-state index is -1.52. The zero-order valence-electron chi connectivity index (χ0n) is 59.3. The summed E-state index contributed by atoms with van der Waals surface area (Å²) >= 11 is 0.995. The summed E-state index contributed by atoms with van der Waals surface area (Å²) in [7, 11) is 1.27. The van der Waals surface area contributed by atoms with Gasteiger partial charge in [-0.1, -0.05) is 87.5 Å². The van der Waals surface area contributed by atoms with E-state index in [1.165, 1.54) is 30.2 Å². The Balaban J connectivity index is 0.667. The number of hydrogen-bond acceptors (Lipinski definition) is 23. The lowest BCUT2D eigenvalue weighted by Gasteiger charge is -2.39. The third-order valence-corrected chi connectivity index (χ3v) is 21.3. The number of likely N-dealkylation sites (tertiary alicyclic amines) is 1. The fourth-order valence-corrected chi connectivity index (χ4v) is 15.5. The van der Waals surface area contributed by atoms with Crippen molar-refractivity contribution >= 4 is 76.4 Å². The summed E-state index contributed by atoms with van der Waals surface area (Å²) in [5.74, 6) is -8.04. The van der Waals surface area contributed by atoms with Gasteiger partial charge in [-0.05, 0) is 97.2 Å². The zero-order chi connectivity index (χ0) is 75.0. The van der Waals surface area contributed by atoms with E-state index in [1.807, 2.05) is 61.5 Å². The van der Waals surface area contributed by atoms with Gasteiger partial charge in [-0.2, -0.15) is 0 Å². The molecule has 28 heteroatoms. The van der Waals surface area contributed by atoms with Crippen molar-refractivity contribution in [3.63, 3.8) is 0 Å². The number of methoxy groups -OCH3 is 1. The van der Waals surface area contributed by atoms with Gasteiger partial charge in [0.15, 0.2) is 23.5 Å². The normalized spacial score (nSPS) is 22.6. The number of aromatic hydroxyl groups is 1. The Morgan fingerprint density at radius 3 is 2.13 bits per heavy atom. The Labute approximate surface area is 611 Å². The second-order valence-corrected chi connectivity index (χ2v) is 28.9. The van der Waals surface area contributed by atoms with E-state index >= 15 is 0 Å². The van der Waals surface area contributed by atoms with E-state index in [0.717, 1.165) is 44.5 Å². The fraction of sp³-hybridized carbons (Fsp3) is 0.481. The van der Waals surface area contributed by atoms with Gasteiger partial charge in [0.25, 0.3) is 0 Å². The summed E-state index contributed by atoms with van der Waals surface area (Å²) in [6.07, 6.45) is -6.45. The lowest BCUT2D eigenvalue weighted by molar-refractivity contribution is -0.296. The van der Waals surface area contributed by atoms with Crippen LogP contribution < -0.4 is 25.6 Å². The number of aliphatic hydroxyl groups is 3. The molecule has 5 aromatic rings. The lowest BCUT2D eigenvalue weighted by atomic mass is 9.77. The van der Waals surface area contributed by atoms with Crippen LogP contribution in [0, 0.1) is 24.7 Å². The van der Waals surface area contributed by atoms with Crippen molar-refractivity contribution < 1.29 is 106 Å². The molecule has 0 saturated carbocycles. The molecule has 5 aliphatic heterocycles. The van der Waals surface area contributed by atoms with Gasteiger partial charge in [-0.15, -0.1) is 11.8 Å². The number of phenolic OH excluding ortho intramolecular Hbond substituents is 1. The molecule has 1 spiro atoms. The maximum Gasteiger partial charge on any atom is 0.340 e. The third kappa shape index (κ3) is 17.0. The number of carbonyl (C=O) groups excluding carboxylic acids is 10. The topological polar surface area (TPSA) is 368 Å². The number of rotatable bonds is 33. The number of nitrogens with zero attached hydrogens (tertiary/aromatic N) is 2. The number of anilines is 1. The number of imide groups is 1. The number of aryl methyl sites for hydroxylation is 1. The molecule has 7 N–H and O–H groups in total. The number of benzene rings is 5. The maximum atomic E-state index is 14.9. The van der Waals surface area contributed by atoms with E-state index in [2.05, 4.69) is 16.0 Å². The molecule has 3 saturated heterocycles. The molecule has 0 bridgehead atoms. The highest BCUT2D eigenvalue weighted by Gasteiger charge is 2.55. The van der Waals surface area contributed by atoms with Crippen molar-refractivity contribution in [1.82, 2.24) is 20.9 Å². The molecule has 5 heterocycles. The average molecular weight is 1470 g/mol. The summed E-state index contributed by atoms with van der Waals surface area (Å²) < 4.78 is 45.3. The SMILES string of the molecule is CO[C@@H]1OC(COCC(=O)NCCOCCOCCCC(=O)C(C)NC(=O)C(C)CC(=O)[C@@H]2CCCN2C(=O)[C@H](NC(=O)C(CSC2CC(=O)N(c3ccc4c(c3)C(=O)OC43c4ccc(C)cc4Oc4cc(O)ccc43)C2=O)CC(=O)OCC2c3ccccc3-c3ccccc32)C(C)C)[C@@H](O)[C@H](O)C1O. The van der Waals surface area contributed by atoms with Crippen molar-refractivity contribution in [1.29, 1.82) is 0 Å². The van der Waals surface area contributed by atoms with Gasteiger partial charge >= 0.3 is 11.9 Å². The van der Waals surface area contributed by atoms with Crippen molar-refractivity contribution in [2.75, 3.05) is 77.1 Å². The van der Waals surface area contributed by atoms with E-state index in [-0.39, 0.29) is 125 Å². The van der Waals surface area contributed by atoms with E-state index in [4.69, 9.17) is 37.9 Å². The third-order valence-electron chi connectivity index (χ3n) is 20.0. The molecule has 0 radical (unpaired) electrons. The summed E-state index contributed by atoms with van der Waals surface area (Å²) in [5.41, 5.74) is 4.95. The summed E-state index contributed by atoms with van der Waals surface area (Å²) in [6, 6.07) is 27.2. The maximum absolute atomic E-state index is 14.9. The Bertz CT molecular complexity index is 4010. The molecule has 560 valence electrons. The Morgan fingerprint density at radius 1 is 0.733 bits per heavy atom. The highest BCUT2D eigenvalue weighted by Crippen LogP contribution is 2.57. The minimum absolute atomic E-state index is 0.0449. The number of phenols is 1. The van der Waals surface area contributed by atoms with Crippen LogP contribution in [-0.2, 0) is 81.9 Å². The molecule has 0 aromatic heterocycles. The lowest BCUT2D eigenvalue weighted by Crippen LogP contribution is -2.59. The number of Topliss-reactive ketones (excluding diaryl/α,β-unsaturated/α-hetero) is 2. The van der Waals surface area contributed by atoms with E-state index in [9.17, 15) is 68.4 Å². The number of ketones is 2. The van der Waals surface area contributed by atoms with Crippen LogP contribution in [0.3, 0.4) is 0 Å². The van der Waals surface area contributed by atoms with Crippen LogP contribution in [0.1, 0.15) is 122 Å². The average Bonchev–Trinajstić information content (AvgIpc) is 1.60. The monoisotopic (exact) mass is 1470 g/mol. The molecule has 7 unspecified atom stereocenters. The molecule has 5 aromatic carbocycles. The van der Waals surface area contributed by atoms with Gasteiger partial charge < -0.3 is 79.2 Å². The first-order valence-electron chi connectivity index (χ1n) is 35.4. The smallest absolute Gasteiger partial charge is 0.340 e. The van der Waals surface area contributed by atoms with Crippen LogP contribution in [0.2, 0.25) is 0 Å². The predicted molar refractivity (Wildman–Crippen MR) is 379 cm³/mol. The summed E-state index contributed by atoms with van der Waals surface area (Å²) in [5, 5.41) is 47.7. The predicted octanol–water partition coefficient (Wildman–Crippen LogP) is 5.20. The van der Waals surface area contributed by atoms with Crippen LogP contribution in [-0.4, -0.2) is 211 Å². The van der Waals surface area contributed by atoms with Crippen LogP contribution in [0.5, 0.6) is 17.2 Å². The first kappa shape index (κ1) is 77.1. The number of ether oxygens (including phenoxy) is 8. The van der Waals surface area contributed by atoms with Gasteiger partial charge in [0.2, 0.25) is 35.4 Å². The number of esters is 2. The second-order valence-electron chi connectivity index (χ2n) is 27.6. The van der Waals surface area contributed by atoms with Gasteiger partial charge in [0.05, 0.1) is 67.4 Å². The second kappa shape index (κ2) is 34.1. The first-order valence-corrected chi connectivity index (χ1v) is 36.4. The zero-order valence-corrected chi connectivity index (χ0v) is 60.1. The van der Waals surface area contributed by atoms with Crippen LogP contribution in [0.15, 0.2) is 103 Å². The largest absolute Gasteiger partial charge is 0.508 e. The fourth-order valence-electron chi connectivity index (χ4n) is 14.3. The molecular formula is C77H89N5O22S. The Morgan fingerprint density at radius 2 is 1.42 bits per heavy atom. The van der Waals surface area contributed by atoms with Crippen molar-refractivity contribution in [3.05, 3.63) is 142 Å². The first-order chi connectivity index (χ1) is 50.4. The molecule has 11 rings (SSSR count). The molecule has 3 fully saturated rings. The molecule has 105 heavy (non-hydrogen) atoms. The van der Waals surface area contributed by atoms with E-state index in [1.54, 1.807) is 58.0 Å². The van der Waals surface area contributed by atoms with Gasteiger partial charge in [0.1, 0.15) is 60.9 Å². The molecule has 27 nitrogen and oxygen atoms in total. The van der Waals surface area contributed by atoms with E-state index in [0.29, 0.717) is 41.7 Å². The number of nitrogens with one attached hydrogen (secondary N) is 3. The minimum Gasteiger partial charge on any atom is -0.508 e. The number of thioether (sulfide) groups is 1. The number of hydrogen-bond donors (Lipinski definition) is 7. The van der Waals surface area contributed by atoms with Gasteiger partial charge in [0, 0.05) is 86.4 Å². The highest BCUT2D eigenvalue weighted by molar-refractivity contribution is 8.00. The Hall–Kier alpha value is -8.97. The van der Waals surface area contributed by atoms with Crippen molar-refractivity contribution in [3.8, 4) is 28.4 Å². The summed E-state index contributed by atoms with van der Waals surface area (Å²) in [4.78, 5) is 142. The van der Waals surface area contributed by atoms with Crippen molar-refractivity contribution in [2.45, 2.75) is 145 Å². The number of amides is 6. The van der Waals surface area contributed by atoms with Crippen LogP contribution >= 0.6 is 11.8 Å². The molecule has 6 aliphatic rings. The molecule has 12 atom stereocenters. The van der Waals surface area contributed by atoms with Crippen LogP contribution in [0.4, 0.5) is 5.69 Å². The summed E-state index contributed by atoms with van der Waals surface area (Å²) in [6.45, 7) is 8.94. The number of carbonyl (C=O) groups is 10.